The minimum atomic E-state index is -0.192. The second kappa shape index (κ2) is 7.41. The molecule has 7 nitrogen and oxygen atoms in total. The first-order chi connectivity index (χ1) is 12.3. The third kappa shape index (κ3) is 3.77. The number of hydrogen-bond donors (Lipinski definition) is 1. The van der Waals surface area contributed by atoms with Gasteiger partial charge >= 0.3 is 0 Å². The zero-order chi connectivity index (χ0) is 17.1. The highest BCUT2D eigenvalue weighted by atomic mass is 16.6. The summed E-state index contributed by atoms with van der Waals surface area (Å²) in [7, 11) is 0. The first kappa shape index (κ1) is 16.4. The van der Waals surface area contributed by atoms with Crippen LogP contribution in [0.2, 0.25) is 0 Å². The van der Waals surface area contributed by atoms with Gasteiger partial charge in [0.2, 0.25) is 0 Å². The molecule has 134 valence electrons. The van der Waals surface area contributed by atoms with E-state index in [1.807, 2.05) is 0 Å². The minimum Gasteiger partial charge on any atom is -0.484 e. The summed E-state index contributed by atoms with van der Waals surface area (Å²) in [6, 6.07) is 3.49. The van der Waals surface area contributed by atoms with Crippen LogP contribution in [0.15, 0.2) is 23.3 Å². The number of ether oxygens (including phenoxy) is 4. The third-order valence-electron chi connectivity index (χ3n) is 4.53. The highest BCUT2D eigenvalue weighted by Gasteiger charge is 2.22. The Hall–Kier alpha value is -2.12. The molecule has 3 heterocycles. The summed E-state index contributed by atoms with van der Waals surface area (Å²) >= 11 is 0. The molecular formula is C18H22N2O5. The van der Waals surface area contributed by atoms with Gasteiger partial charge in [0.05, 0.1) is 30.4 Å². The van der Waals surface area contributed by atoms with E-state index in [9.17, 15) is 4.79 Å². The van der Waals surface area contributed by atoms with Crippen molar-refractivity contribution in [1.29, 1.82) is 0 Å². The smallest absolute Gasteiger partial charge is 0.258 e. The van der Waals surface area contributed by atoms with Gasteiger partial charge in [-0.3, -0.25) is 4.79 Å². The molecule has 7 heteroatoms. The molecule has 2 aromatic rings. The summed E-state index contributed by atoms with van der Waals surface area (Å²) in [6.07, 6.45) is 5.15. The van der Waals surface area contributed by atoms with Gasteiger partial charge in [-0.05, 0) is 31.7 Å². The molecule has 1 aromatic heterocycles. The predicted molar refractivity (Wildman–Crippen MR) is 91.3 cm³/mol. The number of H-pyrrole nitrogens is 1. The Morgan fingerprint density at radius 3 is 2.24 bits per heavy atom. The Labute approximate surface area is 145 Å². The highest BCUT2D eigenvalue weighted by Crippen LogP contribution is 2.34. The van der Waals surface area contributed by atoms with Gasteiger partial charge in [0, 0.05) is 19.3 Å². The molecular weight excluding hydrogens is 324 g/mol. The largest absolute Gasteiger partial charge is 0.484 e. The van der Waals surface area contributed by atoms with Crippen LogP contribution in [0.5, 0.6) is 11.5 Å². The summed E-state index contributed by atoms with van der Waals surface area (Å²) in [5.41, 5.74) is 0.394. The van der Waals surface area contributed by atoms with Crippen LogP contribution in [0, 0.1) is 0 Å². The van der Waals surface area contributed by atoms with Crippen molar-refractivity contribution in [3.63, 3.8) is 0 Å². The average molecular weight is 346 g/mol. The van der Waals surface area contributed by atoms with Crippen molar-refractivity contribution in [3.8, 4) is 11.5 Å². The molecule has 0 saturated carbocycles. The van der Waals surface area contributed by atoms with Gasteiger partial charge < -0.3 is 23.9 Å². The number of nitrogens with one attached hydrogen (secondary N) is 1. The van der Waals surface area contributed by atoms with Crippen molar-refractivity contribution in [3.05, 3.63) is 28.8 Å². The molecule has 1 aromatic carbocycles. The standard InChI is InChI=1S/C18H22N2O5/c21-18-14-7-16(24-12-3-1-5-22-9-12)17(8-15(14)19-11-20-18)25-13-4-2-6-23-10-13/h7-8,11-13H,1-6,9-10H2,(H,19,20,21). The van der Waals surface area contributed by atoms with Crippen LogP contribution in [0.25, 0.3) is 10.9 Å². The Balaban J connectivity index is 1.66. The van der Waals surface area contributed by atoms with Gasteiger partial charge in [-0.25, -0.2) is 4.98 Å². The van der Waals surface area contributed by atoms with Gasteiger partial charge in [-0.2, -0.15) is 0 Å². The topological polar surface area (TPSA) is 82.7 Å². The van der Waals surface area contributed by atoms with E-state index < -0.39 is 0 Å². The number of fused-ring (bicyclic) bond motifs is 1. The van der Waals surface area contributed by atoms with E-state index >= 15 is 0 Å². The molecule has 2 saturated heterocycles. The van der Waals surface area contributed by atoms with E-state index in [0.717, 1.165) is 38.9 Å². The van der Waals surface area contributed by atoms with Crippen molar-refractivity contribution in [2.24, 2.45) is 0 Å². The maximum atomic E-state index is 12.1. The van der Waals surface area contributed by atoms with Crippen molar-refractivity contribution in [2.45, 2.75) is 37.9 Å². The monoisotopic (exact) mass is 346 g/mol. The van der Waals surface area contributed by atoms with Crippen molar-refractivity contribution in [1.82, 2.24) is 9.97 Å². The van der Waals surface area contributed by atoms with E-state index in [2.05, 4.69) is 9.97 Å². The molecule has 2 aliphatic rings. The number of hydrogen-bond acceptors (Lipinski definition) is 6. The number of benzene rings is 1. The van der Waals surface area contributed by atoms with Crippen molar-refractivity contribution >= 4 is 10.9 Å². The number of aromatic nitrogens is 2. The molecule has 25 heavy (non-hydrogen) atoms. The Kier molecular flexibility index (Phi) is 4.85. The molecule has 2 aliphatic heterocycles. The van der Waals surface area contributed by atoms with Gasteiger partial charge in [-0.1, -0.05) is 0 Å². The number of nitrogens with zero attached hydrogens (tertiary/aromatic N) is 1. The van der Waals surface area contributed by atoms with Crippen LogP contribution in [0.3, 0.4) is 0 Å². The van der Waals surface area contributed by atoms with Crippen LogP contribution in [-0.2, 0) is 9.47 Å². The fourth-order valence-corrected chi connectivity index (χ4v) is 3.23. The fraction of sp³-hybridized carbons (Fsp3) is 0.556. The van der Waals surface area contributed by atoms with Gasteiger partial charge in [-0.15, -0.1) is 0 Å². The Morgan fingerprint density at radius 1 is 1.00 bits per heavy atom. The van der Waals surface area contributed by atoms with E-state index in [4.69, 9.17) is 18.9 Å². The maximum Gasteiger partial charge on any atom is 0.258 e. The molecule has 0 spiro atoms. The first-order valence-corrected chi connectivity index (χ1v) is 8.80. The summed E-state index contributed by atoms with van der Waals surface area (Å²) in [5.74, 6) is 1.17. The van der Waals surface area contributed by atoms with Crippen LogP contribution in [0.4, 0.5) is 0 Å². The second-order valence-corrected chi connectivity index (χ2v) is 6.46. The lowest BCUT2D eigenvalue weighted by Crippen LogP contribution is -2.30. The van der Waals surface area contributed by atoms with Gasteiger partial charge in [0.1, 0.15) is 12.2 Å². The fourth-order valence-electron chi connectivity index (χ4n) is 3.23. The van der Waals surface area contributed by atoms with Crippen LogP contribution < -0.4 is 15.0 Å². The van der Waals surface area contributed by atoms with Crippen molar-refractivity contribution < 1.29 is 18.9 Å². The van der Waals surface area contributed by atoms with Gasteiger partial charge in [0.25, 0.3) is 5.56 Å². The summed E-state index contributed by atoms with van der Waals surface area (Å²) in [6.45, 7) is 2.65. The molecule has 4 rings (SSSR count). The number of rotatable bonds is 4. The highest BCUT2D eigenvalue weighted by molar-refractivity contribution is 5.81. The molecule has 0 aliphatic carbocycles. The molecule has 0 bridgehead atoms. The molecule has 2 unspecified atom stereocenters. The lowest BCUT2D eigenvalue weighted by Gasteiger charge is -2.27. The van der Waals surface area contributed by atoms with E-state index in [1.165, 1.54) is 6.33 Å². The summed E-state index contributed by atoms with van der Waals surface area (Å²) in [4.78, 5) is 18.9. The van der Waals surface area contributed by atoms with Crippen LogP contribution in [0.1, 0.15) is 25.7 Å². The summed E-state index contributed by atoms with van der Waals surface area (Å²) in [5, 5.41) is 0.487. The summed E-state index contributed by atoms with van der Waals surface area (Å²) < 4.78 is 23.2. The minimum absolute atomic E-state index is 0.0156. The lowest BCUT2D eigenvalue weighted by atomic mass is 10.1. The molecule has 1 N–H and O–H groups in total. The predicted octanol–water partition coefficient (Wildman–Crippen LogP) is 2.04. The van der Waals surface area contributed by atoms with Crippen LogP contribution >= 0.6 is 0 Å². The first-order valence-electron chi connectivity index (χ1n) is 8.80. The van der Waals surface area contributed by atoms with Gasteiger partial charge in [0.15, 0.2) is 11.5 Å². The van der Waals surface area contributed by atoms with E-state index in [1.54, 1.807) is 12.1 Å². The molecule has 0 amide bonds. The maximum absolute atomic E-state index is 12.1. The van der Waals surface area contributed by atoms with Crippen molar-refractivity contribution in [2.75, 3.05) is 26.4 Å². The normalized spacial score (nSPS) is 24.2. The molecule has 0 radical (unpaired) electrons. The number of aromatic amines is 1. The third-order valence-corrected chi connectivity index (χ3v) is 4.53. The zero-order valence-corrected chi connectivity index (χ0v) is 14.0. The molecule has 2 atom stereocenters. The van der Waals surface area contributed by atoms with Crippen LogP contribution in [-0.4, -0.2) is 48.6 Å². The molecule has 2 fully saturated rings. The lowest BCUT2D eigenvalue weighted by molar-refractivity contribution is -0.00423. The van der Waals surface area contributed by atoms with E-state index in [-0.39, 0.29) is 17.8 Å². The zero-order valence-electron chi connectivity index (χ0n) is 14.0. The Morgan fingerprint density at radius 2 is 1.64 bits per heavy atom. The quantitative estimate of drug-likeness (QED) is 0.912. The Bertz CT molecular complexity index is 779. The average Bonchev–Trinajstić information content (AvgIpc) is 2.65. The van der Waals surface area contributed by atoms with E-state index in [0.29, 0.717) is 35.6 Å². The second-order valence-electron chi connectivity index (χ2n) is 6.46. The SMILES string of the molecule is O=c1[nH]cnc2cc(OC3CCCOC3)c(OC3CCCOC3)cc12.